The van der Waals surface area contributed by atoms with E-state index in [0.29, 0.717) is 12.2 Å². The first-order valence-electron chi connectivity index (χ1n) is 7.68. The Labute approximate surface area is 110 Å². The molecule has 104 valence electrons. The molecular weight excluding hydrogens is 226 g/mol. The fourth-order valence-corrected chi connectivity index (χ4v) is 4.32. The van der Waals surface area contributed by atoms with Gasteiger partial charge in [-0.05, 0) is 45.4 Å². The van der Waals surface area contributed by atoms with E-state index in [1.807, 2.05) is 0 Å². The third-order valence-electron chi connectivity index (χ3n) is 5.72. The second-order valence-electron chi connectivity index (χ2n) is 6.70. The van der Waals surface area contributed by atoms with Crippen LogP contribution in [0, 0.1) is 5.41 Å². The quantitative estimate of drug-likeness (QED) is 0.841. The fraction of sp³-hybridized carbons (Fsp3) is 1.00. The predicted octanol–water partition coefficient (Wildman–Crippen LogP) is 2.62. The van der Waals surface area contributed by atoms with E-state index in [2.05, 4.69) is 6.92 Å². The van der Waals surface area contributed by atoms with Crippen LogP contribution in [0.1, 0.15) is 58.3 Å². The van der Waals surface area contributed by atoms with Gasteiger partial charge in [-0.15, -0.1) is 0 Å². The summed E-state index contributed by atoms with van der Waals surface area (Å²) in [6.07, 6.45) is 10.7. The van der Waals surface area contributed by atoms with E-state index in [4.69, 9.17) is 15.2 Å². The molecule has 1 saturated carbocycles. The third-order valence-corrected chi connectivity index (χ3v) is 5.72. The average Bonchev–Trinajstić information content (AvgIpc) is 3.06. The van der Waals surface area contributed by atoms with Crippen LogP contribution < -0.4 is 5.73 Å². The molecule has 0 amide bonds. The lowest BCUT2D eigenvalue weighted by atomic mass is 9.76. The summed E-state index contributed by atoms with van der Waals surface area (Å²) in [5.74, 6) is 0. The van der Waals surface area contributed by atoms with Crippen LogP contribution in [-0.4, -0.2) is 31.0 Å². The number of nitrogens with two attached hydrogens (primary N) is 1. The van der Waals surface area contributed by atoms with Crippen LogP contribution in [0.5, 0.6) is 0 Å². The smallest absolute Gasteiger partial charge is 0.0687 e. The monoisotopic (exact) mass is 253 g/mol. The fourth-order valence-electron chi connectivity index (χ4n) is 4.32. The summed E-state index contributed by atoms with van der Waals surface area (Å²) in [7, 11) is 0. The van der Waals surface area contributed by atoms with Gasteiger partial charge in [-0.3, -0.25) is 0 Å². The standard InChI is InChI=1S/C15H27NO2/c1-12-14(11-16,8-9-17-12)10-13-4-7-15(18-13)5-2-3-6-15/h12-13H,2-11,16H2,1H3. The second kappa shape index (κ2) is 4.77. The molecule has 3 nitrogen and oxygen atoms in total. The first-order chi connectivity index (χ1) is 8.68. The van der Waals surface area contributed by atoms with Gasteiger partial charge < -0.3 is 15.2 Å². The van der Waals surface area contributed by atoms with Gasteiger partial charge in [-0.25, -0.2) is 0 Å². The highest BCUT2D eigenvalue weighted by Crippen LogP contribution is 2.47. The van der Waals surface area contributed by atoms with Crippen molar-refractivity contribution in [1.82, 2.24) is 0 Å². The summed E-state index contributed by atoms with van der Waals surface area (Å²) in [5, 5.41) is 0. The second-order valence-corrected chi connectivity index (χ2v) is 6.70. The normalized spacial score (nSPS) is 43.0. The maximum atomic E-state index is 6.44. The van der Waals surface area contributed by atoms with Crippen molar-refractivity contribution >= 4 is 0 Å². The van der Waals surface area contributed by atoms with E-state index in [1.54, 1.807) is 0 Å². The van der Waals surface area contributed by atoms with Gasteiger partial charge in [0.2, 0.25) is 0 Å². The first kappa shape index (κ1) is 12.9. The van der Waals surface area contributed by atoms with Gasteiger partial charge in [0.05, 0.1) is 17.8 Å². The van der Waals surface area contributed by atoms with Crippen LogP contribution in [0.25, 0.3) is 0 Å². The van der Waals surface area contributed by atoms with Crippen LogP contribution in [0.2, 0.25) is 0 Å². The SMILES string of the molecule is CC1OCCC1(CN)CC1CCC2(CCCC2)O1. The molecular formula is C15H27NO2. The molecule has 2 heterocycles. The third kappa shape index (κ3) is 2.10. The average molecular weight is 253 g/mol. The largest absolute Gasteiger partial charge is 0.378 e. The van der Waals surface area contributed by atoms with Crippen molar-refractivity contribution in [3.8, 4) is 0 Å². The van der Waals surface area contributed by atoms with Crippen molar-refractivity contribution in [3.63, 3.8) is 0 Å². The van der Waals surface area contributed by atoms with Crippen LogP contribution in [-0.2, 0) is 9.47 Å². The minimum Gasteiger partial charge on any atom is -0.378 e. The Morgan fingerprint density at radius 3 is 2.56 bits per heavy atom. The Balaban J connectivity index is 1.63. The zero-order chi connectivity index (χ0) is 12.6. The molecule has 3 aliphatic rings. The zero-order valence-electron chi connectivity index (χ0n) is 11.6. The topological polar surface area (TPSA) is 44.5 Å². The molecule has 2 N–H and O–H groups in total. The predicted molar refractivity (Wildman–Crippen MR) is 71.4 cm³/mol. The molecule has 3 rings (SSSR count). The summed E-state index contributed by atoms with van der Waals surface area (Å²) in [5.41, 5.74) is 6.48. The summed E-state index contributed by atoms with van der Waals surface area (Å²) in [6, 6.07) is 0. The van der Waals surface area contributed by atoms with Crippen molar-refractivity contribution in [3.05, 3.63) is 0 Å². The Morgan fingerprint density at radius 1 is 1.17 bits per heavy atom. The minimum absolute atomic E-state index is 0.175. The highest BCUT2D eigenvalue weighted by Gasteiger charge is 2.47. The number of ether oxygens (including phenoxy) is 2. The van der Waals surface area contributed by atoms with Crippen molar-refractivity contribution in [2.24, 2.45) is 11.1 Å². The Bertz CT molecular complexity index is 301. The van der Waals surface area contributed by atoms with Crippen molar-refractivity contribution in [1.29, 1.82) is 0 Å². The van der Waals surface area contributed by atoms with E-state index >= 15 is 0 Å². The first-order valence-corrected chi connectivity index (χ1v) is 7.68. The van der Waals surface area contributed by atoms with Gasteiger partial charge in [0.25, 0.3) is 0 Å². The molecule has 3 heteroatoms. The molecule has 1 spiro atoms. The molecule has 0 aromatic heterocycles. The van der Waals surface area contributed by atoms with E-state index < -0.39 is 0 Å². The summed E-state index contributed by atoms with van der Waals surface area (Å²) in [6.45, 7) is 3.79. The van der Waals surface area contributed by atoms with Crippen LogP contribution >= 0.6 is 0 Å². The number of hydrogen-bond donors (Lipinski definition) is 1. The summed E-state index contributed by atoms with van der Waals surface area (Å²) < 4.78 is 12.2. The molecule has 2 saturated heterocycles. The highest BCUT2D eigenvalue weighted by molar-refractivity contribution is 4.98. The maximum Gasteiger partial charge on any atom is 0.0687 e. The van der Waals surface area contributed by atoms with Gasteiger partial charge in [0, 0.05) is 18.6 Å². The van der Waals surface area contributed by atoms with E-state index in [0.717, 1.165) is 26.0 Å². The van der Waals surface area contributed by atoms with Crippen LogP contribution in [0.15, 0.2) is 0 Å². The van der Waals surface area contributed by atoms with E-state index in [9.17, 15) is 0 Å². The number of rotatable bonds is 3. The highest BCUT2D eigenvalue weighted by atomic mass is 16.5. The van der Waals surface area contributed by atoms with Crippen LogP contribution in [0.4, 0.5) is 0 Å². The van der Waals surface area contributed by atoms with Crippen molar-refractivity contribution in [2.75, 3.05) is 13.2 Å². The minimum atomic E-state index is 0.175. The van der Waals surface area contributed by atoms with Crippen molar-refractivity contribution < 1.29 is 9.47 Å². The van der Waals surface area contributed by atoms with Gasteiger partial charge in [0.1, 0.15) is 0 Å². The lowest BCUT2D eigenvalue weighted by Crippen LogP contribution is -2.40. The molecule has 18 heavy (non-hydrogen) atoms. The molecule has 0 aromatic carbocycles. The van der Waals surface area contributed by atoms with Gasteiger partial charge in [0.15, 0.2) is 0 Å². The lowest BCUT2D eigenvalue weighted by molar-refractivity contribution is -0.0603. The Hall–Kier alpha value is -0.120. The van der Waals surface area contributed by atoms with E-state index in [1.165, 1.54) is 38.5 Å². The lowest BCUT2D eigenvalue weighted by Gasteiger charge is -2.34. The van der Waals surface area contributed by atoms with Gasteiger partial charge in [-0.1, -0.05) is 12.8 Å². The molecule has 3 fully saturated rings. The summed E-state index contributed by atoms with van der Waals surface area (Å²) >= 11 is 0. The molecule has 2 aliphatic heterocycles. The molecule has 1 aliphatic carbocycles. The van der Waals surface area contributed by atoms with Crippen molar-refractivity contribution in [2.45, 2.75) is 76.1 Å². The van der Waals surface area contributed by atoms with Crippen LogP contribution in [0.3, 0.4) is 0 Å². The Kier molecular flexibility index (Phi) is 3.41. The molecule has 3 atom stereocenters. The molecule has 0 radical (unpaired) electrons. The summed E-state index contributed by atoms with van der Waals surface area (Å²) in [4.78, 5) is 0. The van der Waals surface area contributed by atoms with Gasteiger partial charge in [-0.2, -0.15) is 0 Å². The maximum absolute atomic E-state index is 6.44. The Morgan fingerprint density at radius 2 is 1.94 bits per heavy atom. The van der Waals surface area contributed by atoms with Gasteiger partial charge >= 0.3 is 0 Å². The molecule has 0 aromatic rings. The molecule has 0 bridgehead atoms. The molecule has 3 unspecified atom stereocenters. The number of hydrogen-bond acceptors (Lipinski definition) is 3. The zero-order valence-corrected chi connectivity index (χ0v) is 11.6. The van der Waals surface area contributed by atoms with E-state index in [-0.39, 0.29) is 11.0 Å².